The summed E-state index contributed by atoms with van der Waals surface area (Å²) in [6, 6.07) is 22.1. The molecule has 3 rings (SSSR count). The molecule has 0 radical (unpaired) electrons. The monoisotopic (exact) mass is 494 g/mol. The van der Waals surface area contributed by atoms with Crippen LogP contribution in [0.25, 0.3) is 0 Å². The molecule has 0 bridgehead atoms. The Labute approximate surface area is 197 Å². The molecule has 0 unspecified atom stereocenters. The molecule has 0 aliphatic rings. The second kappa shape index (κ2) is 11.0. The van der Waals surface area contributed by atoms with Crippen LogP contribution in [0.3, 0.4) is 0 Å². The minimum Gasteiger partial charge on any atom is -0.492 e. The Kier molecular flexibility index (Phi) is 8.06. The molecule has 0 aliphatic heterocycles. The van der Waals surface area contributed by atoms with Gasteiger partial charge in [-0.05, 0) is 47.9 Å². The predicted octanol–water partition coefficient (Wildman–Crippen LogP) is 6.01. The number of ether oxygens (including phenoxy) is 1. The smallest absolute Gasteiger partial charge is 0.259 e. The first kappa shape index (κ1) is 23.5. The van der Waals surface area contributed by atoms with Crippen molar-refractivity contribution in [3.05, 3.63) is 94.0 Å². The van der Waals surface area contributed by atoms with Gasteiger partial charge >= 0.3 is 0 Å². The van der Waals surface area contributed by atoms with Gasteiger partial charge in [0.15, 0.2) is 0 Å². The molecule has 0 atom stereocenters. The van der Waals surface area contributed by atoms with Gasteiger partial charge in [0.25, 0.3) is 11.8 Å². The Hall–Kier alpha value is -3.12. The quantitative estimate of drug-likeness (QED) is 0.417. The Balaban J connectivity index is 1.74. The summed E-state index contributed by atoms with van der Waals surface area (Å²) in [6.45, 7) is 5.12. The van der Waals surface area contributed by atoms with Crippen molar-refractivity contribution in [2.24, 2.45) is 5.92 Å². The summed E-state index contributed by atoms with van der Waals surface area (Å²) in [7, 11) is 1.76. The number of nitrogens with zero attached hydrogens (tertiary/aromatic N) is 1. The zero-order valence-corrected chi connectivity index (χ0v) is 20.1. The maximum absolute atomic E-state index is 13.0. The van der Waals surface area contributed by atoms with Gasteiger partial charge in [-0.15, -0.1) is 0 Å². The fourth-order valence-electron chi connectivity index (χ4n) is 3.14. The van der Waals surface area contributed by atoms with Crippen LogP contribution < -0.4 is 10.1 Å². The molecule has 0 aromatic heterocycles. The van der Waals surface area contributed by atoms with Crippen LogP contribution in [0.4, 0.5) is 5.69 Å². The summed E-state index contributed by atoms with van der Waals surface area (Å²) in [6.07, 6.45) is 0. The fraction of sp³-hybridized carbons (Fsp3) is 0.231. The van der Waals surface area contributed by atoms with Crippen molar-refractivity contribution in [1.29, 1.82) is 0 Å². The zero-order chi connectivity index (χ0) is 23.1. The topological polar surface area (TPSA) is 58.6 Å². The molecule has 0 fully saturated rings. The molecule has 6 heteroatoms. The summed E-state index contributed by atoms with van der Waals surface area (Å²) in [5.74, 6) is 0.444. The highest BCUT2D eigenvalue weighted by atomic mass is 79.9. The van der Waals surface area contributed by atoms with E-state index in [1.165, 1.54) is 0 Å². The van der Waals surface area contributed by atoms with Gasteiger partial charge in [0.1, 0.15) is 5.75 Å². The second-order valence-corrected chi connectivity index (χ2v) is 8.94. The maximum Gasteiger partial charge on any atom is 0.259 e. The summed E-state index contributed by atoms with van der Waals surface area (Å²) < 4.78 is 6.60. The van der Waals surface area contributed by atoms with Crippen LogP contribution in [0.15, 0.2) is 77.3 Å². The summed E-state index contributed by atoms with van der Waals surface area (Å²) >= 11 is 3.42. The molecule has 0 aliphatic carbocycles. The Morgan fingerprint density at radius 1 is 1.00 bits per heavy atom. The molecule has 0 spiro atoms. The maximum atomic E-state index is 13.0. The van der Waals surface area contributed by atoms with Crippen molar-refractivity contribution in [3.63, 3.8) is 0 Å². The number of hydrogen-bond acceptors (Lipinski definition) is 3. The third-order valence-electron chi connectivity index (χ3n) is 4.74. The van der Waals surface area contributed by atoms with Crippen LogP contribution >= 0.6 is 15.9 Å². The van der Waals surface area contributed by atoms with E-state index >= 15 is 0 Å². The van der Waals surface area contributed by atoms with Gasteiger partial charge in [-0.1, -0.05) is 66.2 Å². The SMILES string of the molecule is CC(C)COc1ccc(Br)cc1C(=O)Nc1cccc(C(=O)N(C)Cc2ccccc2)c1. The molecule has 166 valence electrons. The van der Waals surface area contributed by atoms with Crippen molar-refractivity contribution in [3.8, 4) is 5.75 Å². The first-order valence-electron chi connectivity index (χ1n) is 10.5. The Bertz CT molecular complexity index is 1080. The highest BCUT2D eigenvalue weighted by Gasteiger charge is 2.16. The van der Waals surface area contributed by atoms with Crippen molar-refractivity contribution in [1.82, 2.24) is 4.90 Å². The number of hydrogen-bond donors (Lipinski definition) is 1. The van der Waals surface area contributed by atoms with E-state index in [0.29, 0.717) is 41.6 Å². The molecule has 2 amide bonds. The second-order valence-electron chi connectivity index (χ2n) is 8.03. The van der Waals surface area contributed by atoms with Crippen molar-refractivity contribution in [2.45, 2.75) is 20.4 Å². The molecule has 1 N–H and O–H groups in total. The van der Waals surface area contributed by atoms with E-state index < -0.39 is 0 Å². The van der Waals surface area contributed by atoms with E-state index in [1.807, 2.05) is 36.4 Å². The molecule has 0 heterocycles. The van der Waals surface area contributed by atoms with Crippen LogP contribution in [0.5, 0.6) is 5.75 Å². The molecule has 5 nitrogen and oxygen atoms in total. The van der Waals surface area contributed by atoms with E-state index in [1.54, 1.807) is 48.3 Å². The highest BCUT2D eigenvalue weighted by Crippen LogP contribution is 2.25. The van der Waals surface area contributed by atoms with E-state index in [-0.39, 0.29) is 11.8 Å². The third-order valence-corrected chi connectivity index (χ3v) is 5.23. The average molecular weight is 495 g/mol. The van der Waals surface area contributed by atoms with Crippen LogP contribution in [-0.4, -0.2) is 30.4 Å². The van der Waals surface area contributed by atoms with Crippen molar-refractivity contribution >= 4 is 33.4 Å². The number of rotatable bonds is 8. The first-order chi connectivity index (χ1) is 15.3. The first-order valence-corrected chi connectivity index (χ1v) is 11.3. The number of anilines is 1. The lowest BCUT2D eigenvalue weighted by Crippen LogP contribution is -2.26. The highest BCUT2D eigenvalue weighted by molar-refractivity contribution is 9.10. The Morgan fingerprint density at radius 3 is 2.47 bits per heavy atom. The number of carbonyl (C=O) groups is 2. The van der Waals surface area contributed by atoms with Gasteiger partial charge in [-0.25, -0.2) is 0 Å². The van der Waals surface area contributed by atoms with E-state index in [4.69, 9.17) is 4.74 Å². The zero-order valence-electron chi connectivity index (χ0n) is 18.5. The van der Waals surface area contributed by atoms with Crippen molar-refractivity contribution in [2.75, 3.05) is 19.0 Å². The number of amides is 2. The van der Waals surface area contributed by atoms with Gasteiger partial charge in [0, 0.05) is 29.3 Å². The van der Waals surface area contributed by atoms with E-state index in [9.17, 15) is 9.59 Å². The largest absolute Gasteiger partial charge is 0.492 e. The summed E-state index contributed by atoms with van der Waals surface area (Å²) in [5, 5.41) is 2.89. The van der Waals surface area contributed by atoms with Crippen LogP contribution in [0.1, 0.15) is 40.1 Å². The molecular formula is C26H27BrN2O3. The van der Waals surface area contributed by atoms with Crippen LogP contribution in [0, 0.1) is 5.92 Å². The summed E-state index contributed by atoms with van der Waals surface area (Å²) in [5.41, 5.74) is 2.53. The third kappa shape index (κ3) is 6.44. The molecular weight excluding hydrogens is 468 g/mol. The minimum absolute atomic E-state index is 0.117. The molecule has 0 saturated heterocycles. The molecule has 32 heavy (non-hydrogen) atoms. The number of benzene rings is 3. The lowest BCUT2D eigenvalue weighted by molar-refractivity contribution is 0.0784. The molecule has 0 saturated carbocycles. The number of halogens is 1. The van der Waals surface area contributed by atoms with Gasteiger partial charge < -0.3 is 15.0 Å². The minimum atomic E-state index is -0.299. The number of carbonyl (C=O) groups excluding carboxylic acids is 2. The van der Waals surface area contributed by atoms with E-state index in [2.05, 4.69) is 35.1 Å². The van der Waals surface area contributed by atoms with Gasteiger partial charge in [-0.3, -0.25) is 9.59 Å². The normalized spacial score (nSPS) is 10.7. The van der Waals surface area contributed by atoms with Crippen LogP contribution in [0.2, 0.25) is 0 Å². The van der Waals surface area contributed by atoms with Gasteiger partial charge in [0.05, 0.1) is 12.2 Å². The molecule has 3 aromatic carbocycles. The average Bonchev–Trinajstić information content (AvgIpc) is 2.78. The van der Waals surface area contributed by atoms with Gasteiger partial charge in [0.2, 0.25) is 0 Å². The molecule has 3 aromatic rings. The van der Waals surface area contributed by atoms with Gasteiger partial charge in [-0.2, -0.15) is 0 Å². The lowest BCUT2D eigenvalue weighted by atomic mass is 10.1. The summed E-state index contributed by atoms with van der Waals surface area (Å²) in [4.78, 5) is 27.5. The standard InChI is InChI=1S/C26H27BrN2O3/c1-18(2)17-32-24-13-12-21(27)15-23(24)25(30)28-22-11-7-10-20(14-22)26(31)29(3)16-19-8-5-4-6-9-19/h4-15,18H,16-17H2,1-3H3,(H,28,30). The van der Waals surface area contributed by atoms with E-state index in [0.717, 1.165) is 10.0 Å². The number of nitrogens with one attached hydrogen (secondary N) is 1. The van der Waals surface area contributed by atoms with Crippen LogP contribution in [-0.2, 0) is 6.54 Å². The fourth-order valence-corrected chi connectivity index (χ4v) is 3.50. The van der Waals surface area contributed by atoms with Crippen molar-refractivity contribution < 1.29 is 14.3 Å². The predicted molar refractivity (Wildman–Crippen MR) is 131 cm³/mol. The Morgan fingerprint density at radius 2 is 1.75 bits per heavy atom. The lowest BCUT2D eigenvalue weighted by Gasteiger charge is -2.18.